The Balaban J connectivity index is 1.15. The van der Waals surface area contributed by atoms with Crippen molar-refractivity contribution in [1.29, 1.82) is 0 Å². The average Bonchev–Trinajstić information content (AvgIpc) is 3.24. The number of hydrogen-bond donors (Lipinski definition) is 0. The minimum absolute atomic E-state index is 0.0691. The molecule has 1 aromatic heterocycles. The molecule has 0 aliphatic carbocycles. The summed E-state index contributed by atoms with van der Waals surface area (Å²) in [6.45, 7) is 5.52. The lowest BCUT2D eigenvalue weighted by Gasteiger charge is -2.32. The minimum atomic E-state index is -3.73. The van der Waals surface area contributed by atoms with Gasteiger partial charge in [-0.3, -0.25) is 13.9 Å². The van der Waals surface area contributed by atoms with Crippen molar-refractivity contribution in [3.05, 3.63) is 64.6 Å². The van der Waals surface area contributed by atoms with Gasteiger partial charge in [0.05, 0.1) is 16.6 Å². The van der Waals surface area contributed by atoms with Gasteiger partial charge in [-0.1, -0.05) is 24.3 Å². The molecule has 0 N–H and O–H groups in total. The summed E-state index contributed by atoms with van der Waals surface area (Å²) in [5.41, 5.74) is 2.33. The molecule has 3 heterocycles. The normalized spacial score (nSPS) is 18.6. The van der Waals surface area contributed by atoms with Crippen molar-refractivity contribution in [3.63, 3.8) is 0 Å². The molecule has 9 heteroatoms. The molecule has 3 aromatic rings. The fourth-order valence-corrected chi connectivity index (χ4v) is 6.94. The van der Waals surface area contributed by atoms with Crippen LogP contribution < -0.4 is 5.69 Å². The van der Waals surface area contributed by atoms with Crippen LogP contribution in [0.15, 0.2) is 58.2 Å². The zero-order valence-corrected chi connectivity index (χ0v) is 20.2. The van der Waals surface area contributed by atoms with Gasteiger partial charge in [-0.15, -0.1) is 0 Å². The number of aryl methyl sites for hydroxylation is 1. The molecule has 8 nitrogen and oxygen atoms in total. The highest BCUT2D eigenvalue weighted by Crippen LogP contribution is 2.30. The van der Waals surface area contributed by atoms with Gasteiger partial charge in [0.1, 0.15) is 4.90 Å². The summed E-state index contributed by atoms with van der Waals surface area (Å²) in [7, 11) is -3.73. The van der Waals surface area contributed by atoms with Gasteiger partial charge in [-0.05, 0) is 63.4 Å². The highest BCUT2D eigenvalue weighted by Gasteiger charge is 2.40. The summed E-state index contributed by atoms with van der Waals surface area (Å²) >= 11 is 0. The van der Waals surface area contributed by atoms with Crippen molar-refractivity contribution in [2.45, 2.75) is 50.1 Å². The summed E-state index contributed by atoms with van der Waals surface area (Å²) < 4.78 is 30.2. The number of fused-ring (bicyclic) bond motifs is 2. The average molecular weight is 483 g/mol. The molecule has 0 atom stereocenters. The van der Waals surface area contributed by atoms with E-state index >= 15 is 0 Å². The van der Waals surface area contributed by atoms with Crippen LogP contribution in [0.25, 0.3) is 11.0 Å². The summed E-state index contributed by atoms with van der Waals surface area (Å²) in [5.74, 6) is -0.423. The van der Waals surface area contributed by atoms with Crippen LogP contribution in [0, 0.1) is 0 Å². The first-order valence-electron chi connectivity index (χ1n) is 12.0. The van der Waals surface area contributed by atoms with Crippen LogP contribution in [0.3, 0.4) is 0 Å². The lowest BCUT2D eigenvalue weighted by molar-refractivity contribution is 0.0868. The largest absolute Gasteiger partial charge is 0.329 e. The van der Waals surface area contributed by atoms with Crippen molar-refractivity contribution in [2.24, 2.45) is 0 Å². The number of amides is 1. The van der Waals surface area contributed by atoms with E-state index in [9.17, 15) is 18.0 Å². The van der Waals surface area contributed by atoms with E-state index in [-0.39, 0.29) is 28.7 Å². The number of carbonyl (C=O) groups excluding carboxylic acids is 1. The Labute approximate surface area is 199 Å². The number of sulfonamides is 1. The molecule has 0 bridgehead atoms. The van der Waals surface area contributed by atoms with E-state index in [4.69, 9.17) is 0 Å². The number of carbonyl (C=O) groups is 1. The van der Waals surface area contributed by atoms with Crippen molar-refractivity contribution in [1.82, 2.24) is 18.3 Å². The molecule has 1 fully saturated rings. The lowest BCUT2D eigenvalue weighted by Crippen LogP contribution is -2.38. The maximum atomic E-state index is 13.0. The van der Waals surface area contributed by atoms with Crippen molar-refractivity contribution in [3.8, 4) is 0 Å². The first-order valence-corrected chi connectivity index (χ1v) is 13.5. The van der Waals surface area contributed by atoms with Crippen molar-refractivity contribution < 1.29 is 13.2 Å². The van der Waals surface area contributed by atoms with E-state index < -0.39 is 15.9 Å². The second-order valence-electron chi connectivity index (χ2n) is 9.04. The number of benzene rings is 2. The van der Waals surface area contributed by atoms with E-state index in [1.165, 1.54) is 6.07 Å². The summed E-state index contributed by atoms with van der Waals surface area (Å²) in [5, 5.41) is 0. The van der Waals surface area contributed by atoms with Crippen LogP contribution in [-0.4, -0.2) is 58.8 Å². The maximum absolute atomic E-state index is 13.0. The first kappa shape index (κ1) is 22.9. The number of rotatable bonds is 7. The fraction of sp³-hybridized carbons (Fsp3) is 0.440. The third-order valence-corrected chi connectivity index (χ3v) is 8.95. The Morgan fingerprint density at radius 2 is 1.53 bits per heavy atom. The number of para-hydroxylation sites is 2. The highest BCUT2D eigenvalue weighted by atomic mass is 32.2. The molecule has 180 valence electrons. The van der Waals surface area contributed by atoms with Crippen molar-refractivity contribution in [2.75, 3.05) is 26.2 Å². The Kier molecular flexibility index (Phi) is 6.07. The molecule has 0 radical (unpaired) electrons. The summed E-state index contributed by atoms with van der Waals surface area (Å²) in [6, 6.07) is 14.6. The van der Waals surface area contributed by atoms with E-state index in [0.29, 0.717) is 13.0 Å². The van der Waals surface area contributed by atoms with E-state index in [1.807, 2.05) is 40.3 Å². The maximum Gasteiger partial charge on any atom is 0.329 e. The number of unbranched alkanes of at least 4 members (excludes halogenated alkanes) is 1. The second kappa shape index (κ2) is 9.03. The smallest absolute Gasteiger partial charge is 0.303 e. The molecule has 0 spiro atoms. The molecular formula is C25H30N4O4S. The van der Waals surface area contributed by atoms with Gasteiger partial charge in [-0.2, -0.15) is 0 Å². The molecular weight excluding hydrogens is 452 g/mol. The quantitative estimate of drug-likeness (QED) is 0.483. The third-order valence-electron chi connectivity index (χ3n) is 7.11. The number of nitrogens with zero attached hydrogens (tertiary/aromatic N) is 4. The van der Waals surface area contributed by atoms with Crippen LogP contribution in [0.4, 0.5) is 0 Å². The lowest BCUT2D eigenvalue weighted by atomic mass is 10.0. The number of likely N-dealkylation sites (tertiary alicyclic amines) is 1. The fourth-order valence-electron chi connectivity index (χ4n) is 5.33. The predicted octanol–water partition coefficient (Wildman–Crippen LogP) is 3.08. The molecule has 2 aromatic carbocycles. The van der Waals surface area contributed by atoms with E-state index in [0.717, 1.165) is 54.2 Å². The molecule has 1 saturated heterocycles. The summed E-state index contributed by atoms with van der Waals surface area (Å²) in [6.07, 6.45) is 3.26. The van der Waals surface area contributed by atoms with E-state index in [1.54, 1.807) is 18.2 Å². The highest BCUT2D eigenvalue weighted by molar-refractivity contribution is 7.90. The monoisotopic (exact) mass is 482 g/mol. The van der Waals surface area contributed by atoms with Gasteiger partial charge < -0.3 is 4.90 Å². The topological polar surface area (TPSA) is 84.6 Å². The molecule has 1 amide bonds. The molecule has 5 rings (SSSR count). The van der Waals surface area contributed by atoms with Gasteiger partial charge >= 0.3 is 5.69 Å². The van der Waals surface area contributed by atoms with Gasteiger partial charge in [-0.25, -0.2) is 17.5 Å². The zero-order valence-electron chi connectivity index (χ0n) is 19.4. The minimum Gasteiger partial charge on any atom is -0.303 e. The molecule has 2 aliphatic heterocycles. The van der Waals surface area contributed by atoms with Crippen LogP contribution in [0.2, 0.25) is 0 Å². The number of piperidine rings is 1. The van der Waals surface area contributed by atoms with Crippen LogP contribution in [-0.2, 0) is 16.6 Å². The van der Waals surface area contributed by atoms with Gasteiger partial charge in [0.15, 0.2) is 0 Å². The number of imidazole rings is 1. The third kappa shape index (κ3) is 3.76. The van der Waals surface area contributed by atoms with Gasteiger partial charge in [0, 0.05) is 32.2 Å². The Bertz CT molecular complexity index is 1380. The van der Waals surface area contributed by atoms with Crippen molar-refractivity contribution >= 4 is 27.0 Å². The van der Waals surface area contributed by atoms with Gasteiger partial charge in [0.2, 0.25) is 0 Å². The molecule has 0 saturated carbocycles. The number of hydrogen-bond acceptors (Lipinski definition) is 5. The Morgan fingerprint density at radius 1 is 0.882 bits per heavy atom. The first-order chi connectivity index (χ1) is 16.4. The van der Waals surface area contributed by atoms with Gasteiger partial charge in [0.25, 0.3) is 15.9 Å². The molecule has 2 aliphatic rings. The molecule has 34 heavy (non-hydrogen) atoms. The predicted molar refractivity (Wildman–Crippen MR) is 130 cm³/mol. The zero-order chi connectivity index (χ0) is 23.9. The Morgan fingerprint density at radius 3 is 2.24 bits per heavy atom. The van der Waals surface area contributed by atoms with E-state index in [2.05, 4.69) is 4.90 Å². The standard InChI is InChI=1S/C25H30N4O4S/c1-2-27-21-10-4-5-11-22(21)29(25(27)31)19-13-17-26(18-14-19)15-7-8-16-28-24(30)20-9-3-6-12-23(20)34(28,32)33/h3-6,9-12,19H,2,7-8,13-18H2,1H3. The Hall–Kier alpha value is -2.91. The van der Waals surface area contributed by atoms with Crippen LogP contribution in [0.1, 0.15) is 49.0 Å². The van der Waals surface area contributed by atoms with Crippen LogP contribution >= 0.6 is 0 Å². The molecule has 0 unspecified atom stereocenters. The summed E-state index contributed by atoms with van der Waals surface area (Å²) in [4.78, 5) is 28.0. The van der Waals surface area contributed by atoms with Crippen LogP contribution in [0.5, 0.6) is 0 Å². The SMILES string of the molecule is CCn1c(=O)n(C2CCN(CCCCN3C(=O)c4ccccc4S3(=O)=O)CC2)c2ccccc21. The second-order valence-corrected chi connectivity index (χ2v) is 10.9. The number of aromatic nitrogens is 2.